The van der Waals surface area contributed by atoms with Gasteiger partial charge in [0.1, 0.15) is 5.76 Å². The lowest BCUT2D eigenvalue weighted by Crippen LogP contribution is -2.36. The second-order valence-electron chi connectivity index (χ2n) is 5.06. The van der Waals surface area contributed by atoms with Crippen molar-refractivity contribution >= 4 is 17.5 Å². The molecule has 1 atom stereocenters. The quantitative estimate of drug-likeness (QED) is 0.891. The third kappa shape index (κ3) is 4.62. The summed E-state index contributed by atoms with van der Waals surface area (Å²) in [4.78, 5) is 13.9. The molecule has 2 rings (SSSR count). The third-order valence-corrected chi connectivity index (χ3v) is 3.51. The summed E-state index contributed by atoms with van der Waals surface area (Å²) in [7, 11) is 1.88. The van der Waals surface area contributed by atoms with Crippen LogP contribution < -0.4 is 5.32 Å². The van der Waals surface area contributed by atoms with Gasteiger partial charge < -0.3 is 9.73 Å². The van der Waals surface area contributed by atoms with E-state index in [4.69, 9.17) is 16.0 Å². The first-order valence-corrected chi connectivity index (χ1v) is 7.19. The van der Waals surface area contributed by atoms with Gasteiger partial charge in [-0.2, -0.15) is 0 Å². The molecular formula is C16H19ClN2O2. The van der Waals surface area contributed by atoms with Crippen molar-refractivity contribution < 1.29 is 9.21 Å². The van der Waals surface area contributed by atoms with E-state index in [2.05, 4.69) is 5.32 Å². The van der Waals surface area contributed by atoms with Crippen molar-refractivity contribution in [1.29, 1.82) is 0 Å². The van der Waals surface area contributed by atoms with Crippen LogP contribution in [0.3, 0.4) is 0 Å². The molecule has 0 saturated carbocycles. The molecule has 1 aromatic carbocycles. The van der Waals surface area contributed by atoms with Gasteiger partial charge in [0.2, 0.25) is 5.91 Å². The van der Waals surface area contributed by atoms with E-state index >= 15 is 0 Å². The van der Waals surface area contributed by atoms with Crippen LogP contribution in [0, 0.1) is 0 Å². The third-order valence-electron chi connectivity index (χ3n) is 3.17. The Morgan fingerprint density at radius 1 is 1.33 bits per heavy atom. The van der Waals surface area contributed by atoms with E-state index in [0.29, 0.717) is 18.1 Å². The lowest BCUT2D eigenvalue weighted by molar-refractivity contribution is -0.122. The maximum absolute atomic E-state index is 12.1. The monoisotopic (exact) mass is 306 g/mol. The molecule has 0 aliphatic rings. The zero-order valence-electron chi connectivity index (χ0n) is 12.2. The van der Waals surface area contributed by atoms with Gasteiger partial charge in [-0.25, -0.2) is 0 Å². The Morgan fingerprint density at radius 3 is 2.76 bits per heavy atom. The van der Waals surface area contributed by atoms with E-state index in [1.807, 2.05) is 55.3 Å². The van der Waals surface area contributed by atoms with E-state index in [1.54, 1.807) is 6.26 Å². The topological polar surface area (TPSA) is 45.5 Å². The van der Waals surface area contributed by atoms with Gasteiger partial charge in [-0.05, 0) is 37.7 Å². The van der Waals surface area contributed by atoms with E-state index < -0.39 is 0 Å². The maximum Gasteiger partial charge on any atom is 0.234 e. The first-order valence-electron chi connectivity index (χ1n) is 6.81. The molecule has 2 aromatic rings. The minimum atomic E-state index is -0.122. The van der Waals surface area contributed by atoms with E-state index in [-0.39, 0.29) is 11.9 Å². The van der Waals surface area contributed by atoms with E-state index in [9.17, 15) is 4.79 Å². The number of amides is 1. The number of benzene rings is 1. The van der Waals surface area contributed by atoms with Crippen LogP contribution in [0.4, 0.5) is 0 Å². The minimum Gasteiger partial charge on any atom is -0.468 e. The Morgan fingerprint density at radius 2 is 2.10 bits per heavy atom. The molecule has 0 bridgehead atoms. The van der Waals surface area contributed by atoms with Crippen molar-refractivity contribution in [3.8, 4) is 0 Å². The second kappa shape index (κ2) is 7.29. The number of nitrogens with one attached hydrogen (secondary N) is 1. The summed E-state index contributed by atoms with van der Waals surface area (Å²) in [5.74, 6) is 0.793. The largest absolute Gasteiger partial charge is 0.468 e. The fourth-order valence-electron chi connectivity index (χ4n) is 2.16. The van der Waals surface area contributed by atoms with Gasteiger partial charge in [-0.3, -0.25) is 9.69 Å². The zero-order valence-corrected chi connectivity index (χ0v) is 12.9. The second-order valence-corrected chi connectivity index (χ2v) is 5.47. The van der Waals surface area contributed by atoms with Crippen molar-refractivity contribution in [2.45, 2.75) is 19.5 Å². The fraction of sp³-hybridized carbons (Fsp3) is 0.312. The Bertz CT molecular complexity index is 584. The van der Waals surface area contributed by atoms with Gasteiger partial charge in [0.05, 0.1) is 25.4 Å². The standard InChI is InChI=1S/C16H19ClN2O2/c1-12(14-7-3-4-8-15(14)17)18-16(20)11-19(2)10-13-6-5-9-21-13/h3-9,12H,10-11H2,1-2H3,(H,18,20)/t12-/m0/s1. The van der Waals surface area contributed by atoms with Crippen LogP contribution in [0.5, 0.6) is 0 Å². The zero-order chi connectivity index (χ0) is 15.2. The summed E-state index contributed by atoms with van der Waals surface area (Å²) in [6.45, 7) is 2.82. The Kier molecular flexibility index (Phi) is 5.42. The lowest BCUT2D eigenvalue weighted by atomic mass is 10.1. The SMILES string of the molecule is C[C@H](NC(=O)CN(C)Cc1ccco1)c1ccccc1Cl. The number of hydrogen-bond acceptors (Lipinski definition) is 3. The first kappa shape index (κ1) is 15.6. The molecule has 0 aliphatic carbocycles. The number of rotatable bonds is 6. The number of halogens is 1. The summed E-state index contributed by atoms with van der Waals surface area (Å²) in [6.07, 6.45) is 1.63. The molecule has 1 N–H and O–H groups in total. The van der Waals surface area contributed by atoms with Crippen molar-refractivity contribution in [3.63, 3.8) is 0 Å². The lowest BCUT2D eigenvalue weighted by Gasteiger charge is -2.19. The molecule has 0 unspecified atom stereocenters. The van der Waals surface area contributed by atoms with Gasteiger partial charge in [-0.1, -0.05) is 29.8 Å². The van der Waals surface area contributed by atoms with Crippen molar-refractivity contribution in [2.24, 2.45) is 0 Å². The molecule has 0 radical (unpaired) electrons. The molecule has 0 aliphatic heterocycles. The fourth-order valence-corrected chi connectivity index (χ4v) is 2.46. The van der Waals surface area contributed by atoms with Crippen LogP contribution in [-0.2, 0) is 11.3 Å². The highest BCUT2D eigenvalue weighted by Crippen LogP contribution is 2.21. The Hall–Kier alpha value is -1.78. The van der Waals surface area contributed by atoms with Gasteiger partial charge in [0.15, 0.2) is 0 Å². The van der Waals surface area contributed by atoms with E-state index in [1.165, 1.54) is 0 Å². The summed E-state index contributed by atoms with van der Waals surface area (Å²) in [5.41, 5.74) is 0.918. The van der Waals surface area contributed by atoms with Crippen molar-refractivity contribution in [2.75, 3.05) is 13.6 Å². The molecule has 1 heterocycles. The first-order chi connectivity index (χ1) is 10.1. The number of likely N-dealkylation sites (N-methyl/N-ethyl adjacent to an activating group) is 1. The predicted molar refractivity (Wildman–Crippen MR) is 83.1 cm³/mol. The van der Waals surface area contributed by atoms with Gasteiger partial charge in [-0.15, -0.1) is 0 Å². The van der Waals surface area contributed by atoms with Crippen LogP contribution >= 0.6 is 11.6 Å². The number of nitrogens with zero attached hydrogens (tertiary/aromatic N) is 1. The van der Waals surface area contributed by atoms with Gasteiger partial charge >= 0.3 is 0 Å². The molecular weight excluding hydrogens is 288 g/mol. The average Bonchev–Trinajstić information content (AvgIpc) is 2.91. The minimum absolute atomic E-state index is 0.0449. The molecule has 1 amide bonds. The molecule has 5 heteroatoms. The number of hydrogen-bond donors (Lipinski definition) is 1. The average molecular weight is 307 g/mol. The molecule has 1 aromatic heterocycles. The number of carbonyl (C=O) groups is 1. The summed E-state index contributed by atoms with van der Waals surface area (Å²) in [6, 6.07) is 11.1. The number of furan rings is 1. The Labute approximate surface area is 129 Å². The van der Waals surface area contributed by atoms with Crippen LogP contribution in [-0.4, -0.2) is 24.4 Å². The highest BCUT2D eigenvalue weighted by Gasteiger charge is 2.14. The van der Waals surface area contributed by atoms with Crippen molar-refractivity contribution in [1.82, 2.24) is 10.2 Å². The van der Waals surface area contributed by atoms with Crippen LogP contribution in [0.1, 0.15) is 24.3 Å². The normalized spacial score (nSPS) is 12.4. The molecule has 0 fully saturated rings. The summed E-state index contributed by atoms with van der Waals surface area (Å²) in [5, 5.41) is 3.61. The molecule has 112 valence electrons. The highest BCUT2D eigenvalue weighted by molar-refractivity contribution is 6.31. The van der Waals surface area contributed by atoms with Gasteiger partial charge in [0, 0.05) is 5.02 Å². The van der Waals surface area contributed by atoms with Gasteiger partial charge in [0.25, 0.3) is 0 Å². The maximum atomic E-state index is 12.1. The van der Waals surface area contributed by atoms with E-state index in [0.717, 1.165) is 11.3 Å². The highest BCUT2D eigenvalue weighted by atomic mass is 35.5. The molecule has 4 nitrogen and oxygen atoms in total. The summed E-state index contributed by atoms with van der Waals surface area (Å²) >= 11 is 6.13. The van der Waals surface area contributed by atoms with Crippen LogP contribution in [0.25, 0.3) is 0 Å². The summed E-state index contributed by atoms with van der Waals surface area (Å²) < 4.78 is 5.26. The molecule has 0 saturated heterocycles. The predicted octanol–water partition coefficient (Wildman–Crippen LogP) is 3.24. The molecule has 0 spiro atoms. The van der Waals surface area contributed by atoms with Crippen molar-refractivity contribution in [3.05, 3.63) is 59.0 Å². The number of carbonyl (C=O) groups excluding carboxylic acids is 1. The van der Waals surface area contributed by atoms with Crippen LogP contribution in [0.2, 0.25) is 5.02 Å². The van der Waals surface area contributed by atoms with Crippen LogP contribution in [0.15, 0.2) is 47.1 Å². The smallest absolute Gasteiger partial charge is 0.234 e. The molecule has 21 heavy (non-hydrogen) atoms. The Balaban J connectivity index is 1.85.